The minimum Gasteiger partial charge on any atom is -0.476 e. The number of carboxylic acids is 1. The van der Waals surface area contributed by atoms with Crippen LogP contribution in [0.25, 0.3) is 0 Å². The van der Waals surface area contributed by atoms with Crippen molar-refractivity contribution in [2.45, 2.75) is 20.8 Å². The average Bonchev–Trinajstić information content (AvgIpc) is 2.49. The van der Waals surface area contributed by atoms with Gasteiger partial charge in [-0.3, -0.25) is 9.69 Å². The number of hydrogen-bond donors (Lipinski definition) is 2. The van der Waals surface area contributed by atoms with Gasteiger partial charge in [0.05, 0.1) is 18.8 Å². The number of rotatable bonds is 8. The number of carbonyl (C=O) groups excluding carboxylic acids is 1. The van der Waals surface area contributed by atoms with Gasteiger partial charge in [0, 0.05) is 23.8 Å². The van der Waals surface area contributed by atoms with Gasteiger partial charge in [0.15, 0.2) is 5.69 Å². The molecule has 0 aliphatic carbocycles. The van der Waals surface area contributed by atoms with Crippen LogP contribution in [-0.2, 0) is 9.53 Å². The number of nitrogens with zero attached hydrogens (tertiary/aromatic N) is 2. The first-order chi connectivity index (χ1) is 10.9. The lowest BCUT2D eigenvalue weighted by molar-refractivity contribution is -0.117. The van der Waals surface area contributed by atoms with Gasteiger partial charge in [-0.15, -0.1) is 0 Å². The lowest BCUT2D eigenvalue weighted by atomic mass is 10.3. The normalized spacial score (nSPS) is 10.0. The van der Waals surface area contributed by atoms with E-state index in [1.54, 1.807) is 11.9 Å². The molecule has 0 aliphatic rings. The van der Waals surface area contributed by atoms with Gasteiger partial charge in [0.25, 0.3) is 0 Å². The molecule has 1 aromatic heterocycles. The van der Waals surface area contributed by atoms with E-state index in [9.17, 15) is 9.59 Å². The molecule has 0 radical (unpaired) electrons. The molecule has 8 heteroatoms. The van der Waals surface area contributed by atoms with Crippen molar-refractivity contribution in [2.24, 2.45) is 0 Å². The fourth-order valence-corrected chi connectivity index (χ4v) is 1.91. The SMILES string of the molecule is CC.CCOCCN(C)CC(=O)Nc1cc(Br)cnc1C(=O)O. The zero-order chi connectivity index (χ0) is 17.8. The summed E-state index contributed by atoms with van der Waals surface area (Å²) in [5.74, 6) is -1.50. The van der Waals surface area contributed by atoms with Crippen molar-refractivity contribution < 1.29 is 19.4 Å². The highest BCUT2D eigenvalue weighted by Crippen LogP contribution is 2.19. The number of likely N-dealkylation sites (N-methyl/N-ethyl adjacent to an activating group) is 1. The van der Waals surface area contributed by atoms with Gasteiger partial charge in [0.1, 0.15) is 0 Å². The summed E-state index contributed by atoms with van der Waals surface area (Å²) >= 11 is 3.19. The smallest absolute Gasteiger partial charge is 0.356 e. The molecule has 130 valence electrons. The Morgan fingerprint density at radius 3 is 2.65 bits per heavy atom. The van der Waals surface area contributed by atoms with E-state index >= 15 is 0 Å². The highest BCUT2D eigenvalue weighted by molar-refractivity contribution is 9.10. The number of hydrogen-bond acceptors (Lipinski definition) is 5. The van der Waals surface area contributed by atoms with E-state index in [-0.39, 0.29) is 23.8 Å². The predicted molar refractivity (Wildman–Crippen MR) is 92.9 cm³/mol. The third-order valence-electron chi connectivity index (χ3n) is 2.57. The number of amides is 1. The molecule has 0 spiro atoms. The van der Waals surface area contributed by atoms with E-state index < -0.39 is 5.97 Å². The molecule has 0 saturated heterocycles. The molecule has 1 heterocycles. The Morgan fingerprint density at radius 1 is 1.43 bits per heavy atom. The van der Waals surface area contributed by atoms with Crippen molar-refractivity contribution in [2.75, 3.05) is 38.7 Å². The number of nitrogens with one attached hydrogen (secondary N) is 1. The third kappa shape index (κ3) is 8.63. The number of anilines is 1. The van der Waals surface area contributed by atoms with E-state index in [1.165, 1.54) is 12.3 Å². The Balaban J connectivity index is 0.00000232. The number of halogens is 1. The molecule has 1 aromatic rings. The Bertz CT molecular complexity index is 511. The molecule has 1 rings (SSSR count). The monoisotopic (exact) mass is 389 g/mol. The minimum atomic E-state index is -1.19. The van der Waals surface area contributed by atoms with E-state index in [4.69, 9.17) is 9.84 Å². The number of carboxylic acid groups (broad SMARTS) is 1. The minimum absolute atomic E-state index is 0.138. The van der Waals surface area contributed by atoms with Crippen LogP contribution >= 0.6 is 15.9 Å². The number of ether oxygens (including phenoxy) is 1. The average molecular weight is 390 g/mol. The van der Waals surface area contributed by atoms with Crippen molar-refractivity contribution in [1.82, 2.24) is 9.88 Å². The summed E-state index contributed by atoms with van der Waals surface area (Å²) in [6.45, 7) is 7.83. The van der Waals surface area contributed by atoms with Gasteiger partial charge >= 0.3 is 5.97 Å². The third-order valence-corrected chi connectivity index (χ3v) is 3.00. The molecule has 0 unspecified atom stereocenters. The van der Waals surface area contributed by atoms with Gasteiger partial charge < -0.3 is 15.2 Å². The van der Waals surface area contributed by atoms with Gasteiger partial charge in [-0.1, -0.05) is 13.8 Å². The van der Waals surface area contributed by atoms with Gasteiger partial charge in [-0.05, 0) is 36.0 Å². The molecular formula is C15H24BrN3O4. The second-order valence-electron chi connectivity index (χ2n) is 4.34. The first kappa shape index (κ1) is 21.5. The van der Waals surface area contributed by atoms with Crippen LogP contribution in [0.5, 0.6) is 0 Å². The Morgan fingerprint density at radius 2 is 2.09 bits per heavy atom. The summed E-state index contributed by atoms with van der Waals surface area (Å²) in [4.78, 5) is 28.5. The van der Waals surface area contributed by atoms with Crippen molar-refractivity contribution in [3.8, 4) is 0 Å². The quantitative estimate of drug-likeness (QED) is 0.663. The van der Waals surface area contributed by atoms with Crippen molar-refractivity contribution in [3.05, 3.63) is 22.4 Å². The number of carbonyl (C=O) groups is 2. The Labute approximate surface area is 145 Å². The van der Waals surface area contributed by atoms with Crippen molar-refractivity contribution in [1.29, 1.82) is 0 Å². The van der Waals surface area contributed by atoms with Crippen LogP contribution in [0.1, 0.15) is 31.3 Å². The van der Waals surface area contributed by atoms with Crippen LogP contribution in [0.3, 0.4) is 0 Å². The maximum atomic E-state index is 11.9. The Kier molecular flexibility index (Phi) is 11.2. The molecule has 2 N–H and O–H groups in total. The molecule has 1 amide bonds. The lowest BCUT2D eigenvalue weighted by Gasteiger charge is -2.16. The number of aromatic nitrogens is 1. The number of aromatic carboxylic acids is 1. The molecule has 0 saturated carbocycles. The fraction of sp³-hybridized carbons (Fsp3) is 0.533. The summed E-state index contributed by atoms with van der Waals surface area (Å²) in [5.41, 5.74) is -0.0244. The zero-order valence-electron chi connectivity index (χ0n) is 13.9. The van der Waals surface area contributed by atoms with Gasteiger partial charge in [0.2, 0.25) is 5.91 Å². The summed E-state index contributed by atoms with van der Waals surface area (Å²) in [7, 11) is 1.79. The predicted octanol–water partition coefficient (Wildman–Crippen LogP) is 2.48. The summed E-state index contributed by atoms with van der Waals surface area (Å²) in [5, 5.41) is 11.6. The van der Waals surface area contributed by atoms with Crippen molar-refractivity contribution >= 4 is 33.5 Å². The maximum Gasteiger partial charge on any atom is 0.356 e. The molecule has 23 heavy (non-hydrogen) atoms. The Hall–Kier alpha value is -1.51. The molecule has 0 aromatic carbocycles. The summed E-state index contributed by atoms with van der Waals surface area (Å²) in [6, 6.07) is 1.51. The van der Waals surface area contributed by atoms with E-state index in [0.717, 1.165) is 0 Å². The van der Waals surface area contributed by atoms with Crippen LogP contribution in [-0.4, -0.2) is 60.2 Å². The first-order valence-corrected chi connectivity index (χ1v) is 8.18. The number of pyridine rings is 1. The highest BCUT2D eigenvalue weighted by atomic mass is 79.9. The first-order valence-electron chi connectivity index (χ1n) is 7.39. The molecule has 0 atom stereocenters. The topological polar surface area (TPSA) is 91.8 Å². The summed E-state index contributed by atoms with van der Waals surface area (Å²) < 4.78 is 5.79. The molecule has 0 fully saturated rings. The molecular weight excluding hydrogens is 366 g/mol. The lowest BCUT2D eigenvalue weighted by Crippen LogP contribution is -2.33. The highest BCUT2D eigenvalue weighted by Gasteiger charge is 2.15. The second-order valence-corrected chi connectivity index (χ2v) is 5.25. The molecule has 0 bridgehead atoms. The summed E-state index contributed by atoms with van der Waals surface area (Å²) in [6.07, 6.45) is 1.37. The van der Waals surface area contributed by atoms with Crippen LogP contribution in [0.15, 0.2) is 16.7 Å². The van der Waals surface area contributed by atoms with Crippen LogP contribution in [0, 0.1) is 0 Å². The van der Waals surface area contributed by atoms with Gasteiger partial charge in [-0.25, -0.2) is 9.78 Å². The second kappa shape index (κ2) is 12.0. The van der Waals surface area contributed by atoms with E-state index in [0.29, 0.717) is 24.2 Å². The van der Waals surface area contributed by atoms with Crippen LogP contribution < -0.4 is 5.32 Å². The van der Waals surface area contributed by atoms with E-state index in [1.807, 2.05) is 20.8 Å². The maximum absolute atomic E-state index is 11.9. The zero-order valence-corrected chi connectivity index (χ0v) is 15.5. The van der Waals surface area contributed by atoms with Crippen molar-refractivity contribution in [3.63, 3.8) is 0 Å². The molecule has 7 nitrogen and oxygen atoms in total. The largest absolute Gasteiger partial charge is 0.476 e. The van der Waals surface area contributed by atoms with E-state index in [2.05, 4.69) is 26.2 Å². The standard InChI is InChI=1S/C13H18BrN3O4.C2H6/c1-3-21-5-4-17(2)8-11(18)16-10-6-9(14)7-15-12(10)13(19)20;1-2/h6-7H,3-5,8H2,1-2H3,(H,16,18)(H,19,20);1-2H3. The molecule has 0 aliphatic heterocycles. The van der Waals surface area contributed by atoms with Gasteiger partial charge in [-0.2, -0.15) is 0 Å². The fourth-order valence-electron chi connectivity index (χ4n) is 1.58. The van der Waals surface area contributed by atoms with Crippen LogP contribution in [0.4, 0.5) is 5.69 Å². The van der Waals surface area contributed by atoms with Crippen LogP contribution in [0.2, 0.25) is 0 Å².